The quantitative estimate of drug-likeness (QED) is 0.477. The van der Waals surface area contributed by atoms with E-state index in [1.807, 2.05) is 44.2 Å². The Morgan fingerprint density at radius 3 is 2.58 bits per heavy atom. The molecule has 0 bridgehead atoms. The molecule has 0 saturated carbocycles. The van der Waals surface area contributed by atoms with Crippen molar-refractivity contribution in [2.45, 2.75) is 56.4 Å². The van der Waals surface area contributed by atoms with Gasteiger partial charge in [-0.15, -0.1) is 0 Å². The number of aryl methyl sites for hydroxylation is 1. The Labute approximate surface area is 189 Å². The van der Waals surface area contributed by atoms with Gasteiger partial charge in [-0.1, -0.05) is 55.4 Å². The highest BCUT2D eigenvalue weighted by atomic mass is 32.2. The molecule has 1 atom stereocenters. The van der Waals surface area contributed by atoms with Gasteiger partial charge >= 0.3 is 0 Å². The first kappa shape index (κ1) is 23.5. The summed E-state index contributed by atoms with van der Waals surface area (Å²) >= 11 is 1.38. The van der Waals surface area contributed by atoms with Gasteiger partial charge in [-0.05, 0) is 44.8 Å². The monoisotopic (exact) mass is 442 g/mol. The summed E-state index contributed by atoms with van der Waals surface area (Å²) in [7, 11) is 1.74. The van der Waals surface area contributed by atoms with Crippen LogP contribution in [0.15, 0.2) is 40.3 Å². The fraction of sp³-hybridized carbons (Fsp3) is 0.542. The number of hydrogen-bond acceptors (Lipinski definition) is 5. The fourth-order valence-electron chi connectivity index (χ4n) is 3.92. The Kier molecular flexibility index (Phi) is 8.72. The van der Waals surface area contributed by atoms with E-state index < -0.39 is 0 Å². The van der Waals surface area contributed by atoms with E-state index in [0.717, 1.165) is 30.9 Å². The summed E-state index contributed by atoms with van der Waals surface area (Å²) in [6.45, 7) is 7.69. The largest absolute Gasteiger partial charge is 0.354 e. The SMILES string of the molecule is CCC(Sc1nc(C)c(Cc2ccccc2)c(=O)n1C)C(=O)NCCN1CCCCC1. The Bertz CT molecular complexity index is 923. The lowest BCUT2D eigenvalue weighted by Crippen LogP contribution is -2.40. The van der Waals surface area contributed by atoms with Crippen LogP contribution >= 0.6 is 11.8 Å². The minimum absolute atomic E-state index is 0.0183. The topological polar surface area (TPSA) is 67.2 Å². The molecule has 0 aliphatic carbocycles. The van der Waals surface area contributed by atoms with E-state index in [4.69, 9.17) is 4.98 Å². The van der Waals surface area contributed by atoms with Crippen molar-refractivity contribution < 1.29 is 4.79 Å². The second-order valence-corrected chi connectivity index (χ2v) is 9.36. The van der Waals surface area contributed by atoms with Crippen LogP contribution in [0.5, 0.6) is 0 Å². The first-order valence-electron chi connectivity index (χ1n) is 11.3. The highest BCUT2D eigenvalue weighted by Crippen LogP contribution is 2.24. The number of benzene rings is 1. The van der Waals surface area contributed by atoms with Crippen molar-refractivity contribution in [2.75, 3.05) is 26.2 Å². The van der Waals surface area contributed by atoms with Gasteiger partial charge in [0.25, 0.3) is 5.56 Å². The number of nitrogens with one attached hydrogen (secondary N) is 1. The predicted molar refractivity (Wildman–Crippen MR) is 127 cm³/mol. The number of piperidine rings is 1. The molecule has 1 aliphatic heterocycles. The molecule has 1 fully saturated rings. The van der Waals surface area contributed by atoms with Crippen molar-refractivity contribution in [1.29, 1.82) is 0 Å². The van der Waals surface area contributed by atoms with Gasteiger partial charge in [0.05, 0.1) is 5.25 Å². The highest BCUT2D eigenvalue weighted by Gasteiger charge is 2.22. The van der Waals surface area contributed by atoms with Gasteiger partial charge in [0.1, 0.15) is 0 Å². The van der Waals surface area contributed by atoms with Crippen molar-refractivity contribution in [2.24, 2.45) is 7.05 Å². The summed E-state index contributed by atoms with van der Waals surface area (Å²) in [6, 6.07) is 9.95. The molecule has 0 radical (unpaired) electrons. The summed E-state index contributed by atoms with van der Waals surface area (Å²) in [6.07, 6.45) is 5.06. The van der Waals surface area contributed by atoms with Crippen molar-refractivity contribution in [1.82, 2.24) is 19.8 Å². The molecule has 1 aliphatic rings. The third kappa shape index (κ3) is 6.43. The lowest BCUT2D eigenvalue weighted by molar-refractivity contribution is -0.120. The van der Waals surface area contributed by atoms with Crippen LogP contribution in [-0.2, 0) is 18.3 Å². The van der Waals surface area contributed by atoms with Crippen LogP contribution in [0, 0.1) is 6.92 Å². The lowest BCUT2D eigenvalue weighted by atomic mass is 10.1. The summed E-state index contributed by atoms with van der Waals surface area (Å²) in [5.74, 6) is 0.0183. The van der Waals surface area contributed by atoms with Crippen LogP contribution in [0.25, 0.3) is 0 Å². The molecular weight excluding hydrogens is 408 g/mol. The molecule has 2 heterocycles. The maximum absolute atomic E-state index is 13.0. The van der Waals surface area contributed by atoms with E-state index >= 15 is 0 Å². The number of carbonyl (C=O) groups is 1. The second kappa shape index (κ2) is 11.5. The van der Waals surface area contributed by atoms with Crippen LogP contribution in [0.2, 0.25) is 0 Å². The van der Waals surface area contributed by atoms with Crippen LogP contribution < -0.4 is 10.9 Å². The smallest absolute Gasteiger partial charge is 0.257 e. The standard InChI is InChI=1S/C24H34N4O2S/c1-4-21(22(29)25-13-16-28-14-9-6-10-15-28)31-24-26-18(2)20(23(30)27(24)3)17-19-11-7-5-8-12-19/h5,7-8,11-12,21H,4,6,9-10,13-17H2,1-3H3,(H,25,29). The van der Waals surface area contributed by atoms with E-state index in [2.05, 4.69) is 10.2 Å². The Morgan fingerprint density at radius 2 is 1.90 bits per heavy atom. The maximum atomic E-state index is 13.0. The predicted octanol–water partition coefficient (Wildman–Crippen LogP) is 3.15. The van der Waals surface area contributed by atoms with E-state index in [9.17, 15) is 9.59 Å². The van der Waals surface area contributed by atoms with Crippen molar-refractivity contribution in [3.63, 3.8) is 0 Å². The zero-order valence-electron chi connectivity index (χ0n) is 18.9. The van der Waals surface area contributed by atoms with E-state index in [0.29, 0.717) is 30.1 Å². The van der Waals surface area contributed by atoms with Crippen molar-refractivity contribution in [3.8, 4) is 0 Å². The van der Waals surface area contributed by atoms with E-state index in [-0.39, 0.29) is 16.7 Å². The molecule has 1 saturated heterocycles. The highest BCUT2D eigenvalue weighted by molar-refractivity contribution is 8.00. The van der Waals surface area contributed by atoms with Gasteiger partial charge in [-0.2, -0.15) is 0 Å². The Hall–Kier alpha value is -2.12. The van der Waals surface area contributed by atoms with Gasteiger partial charge < -0.3 is 10.2 Å². The van der Waals surface area contributed by atoms with Gasteiger partial charge in [-0.3, -0.25) is 14.2 Å². The third-order valence-corrected chi connectivity index (χ3v) is 7.27. The van der Waals surface area contributed by atoms with Crippen LogP contribution in [0.1, 0.15) is 49.4 Å². The number of hydrogen-bond donors (Lipinski definition) is 1. The van der Waals surface area contributed by atoms with Crippen molar-refractivity contribution >= 4 is 17.7 Å². The van der Waals surface area contributed by atoms with Crippen LogP contribution in [-0.4, -0.2) is 51.8 Å². The number of nitrogens with zero attached hydrogens (tertiary/aromatic N) is 3. The summed E-state index contributed by atoms with van der Waals surface area (Å²) in [4.78, 5) is 32.9. The summed E-state index contributed by atoms with van der Waals surface area (Å²) < 4.78 is 1.58. The zero-order chi connectivity index (χ0) is 22.2. The molecule has 2 aromatic rings. The molecule has 31 heavy (non-hydrogen) atoms. The molecule has 1 aromatic heterocycles. The number of likely N-dealkylation sites (tertiary alicyclic amines) is 1. The second-order valence-electron chi connectivity index (χ2n) is 8.19. The van der Waals surface area contributed by atoms with E-state index in [1.165, 1.54) is 31.0 Å². The van der Waals surface area contributed by atoms with Crippen molar-refractivity contribution in [3.05, 3.63) is 57.5 Å². The fourth-order valence-corrected chi connectivity index (χ4v) is 4.96. The number of thioether (sulfide) groups is 1. The first-order chi connectivity index (χ1) is 15.0. The molecule has 1 N–H and O–H groups in total. The number of amides is 1. The molecule has 168 valence electrons. The maximum Gasteiger partial charge on any atom is 0.257 e. The van der Waals surface area contributed by atoms with Gasteiger partial charge in [0.2, 0.25) is 5.91 Å². The zero-order valence-corrected chi connectivity index (χ0v) is 19.7. The van der Waals surface area contributed by atoms with E-state index in [1.54, 1.807) is 11.6 Å². The number of rotatable bonds is 9. The molecule has 7 heteroatoms. The number of aromatic nitrogens is 2. The molecular formula is C24H34N4O2S. The summed E-state index contributed by atoms with van der Waals surface area (Å²) in [5.41, 5.74) is 2.48. The number of carbonyl (C=O) groups excluding carboxylic acids is 1. The van der Waals surface area contributed by atoms with Gasteiger partial charge in [0.15, 0.2) is 5.16 Å². The Morgan fingerprint density at radius 1 is 1.19 bits per heavy atom. The minimum atomic E-state index is -0.265. The molecule has 3 rings (SSSR count). The minimum Gasteiger partial charge on any atom is -0.354 e. The average Bonchev–Trinajstić information content (AvgIpc) is 2.79. The van der Waals surface area contributed by atoms with Gasteiger partial charge in [0, 0.05) is 37.8 Å². The lowest BCUT2D eigenvalue weighted by Gasteiger charge is -2.26. The first-order valence-corrected chi connectivity index (χ1v) is 12.1. The molecule has 0 spiro atoms. The van der Waals surface area contributed by atoms with Crippen LogP contribution in [0.3, 0.4) is 0 Å². The average molecular weight is 443 g/mol. The molecule has 1 amide bonds. The Balaban J connectivity index is 1.64. The van der Waals surface area contributed by atoms with Gasteiger partial charge in [-0.25, -0.2) is 4.98 Å². The third-order valence-electron chi connectivity index (χ3n) is 5.86. The normalized spacial score (nSPS) is 15.6. The van der Waals surface area contributed by atoms with Crippen LogP contribution in [0.4, 0.5) is 0 Å². The molecule has 6 nitrogen and oxygen atoms in total. The molecule has 1 aromatic carbocycles. The molecule has 1 unspecified atom stereocenters. The summed E-state index contributed by atoms with van der Waals surface area (Å²) in [5, 5.41) is 3.41.